The van der Waals surface area contributed by atoms with Gasteiger partial charge in [0.15, 0.2) is 0 Å². The van der Waals surface area contributed by atoms with Crippen LogP contribution in [0.4, 0.5) is 0 Å². The van der Waals surface area contributed by atoms with Gasteiger partial charge in [-0.15, -0.1) is 0 Å². The van der Waals surface area contributed by atoms with E-state index in [2.05, 4.69) is 20.8 Å². The fourth-order valence-corrected chi connectivity index (χ4v) is 8.00. The van der Waals surface area contributed by atoms with E-state index >= 15 is 0 Å². The lowest BCUT2D eigenvalue weighted by Gasteiger charge is -2.52. The van der Waals surface area contributed by atoms with Gasteiger partial charge in [-0.2, -0.15) is 0 Å². The molecule has 0 aliphatic heterocycles. The zero-order chi connectivity index (χ0) is 17.4. The topological polar surface area (TPSA) is 0 Å². The van der Waals surface area contributed by atoms with Gasteiger partial charge >= 0.3 is 0 Å². The summed E-state index contributed by atoms with van der Waals surface area (Å²) in [5, 5.41) is 0. The molecule has 4 rings (SSSR count). The highest BCUT2D eigenvalue weighted by Crippen LogP contribution is 2.59. The summed E-state index contributed by atoms with van der Waals surface area (Å²) < 4.78 is 0. The first-order chi connectivity index (χ1) is 12.1. The van der Waals surface area contributed by atoms with Crippen LogP contribution < -0.4 is 0 Å². The van der Waals surface area contributed by atoms with Crippen LogP contribution in [0.5, 0.6) is 0 Å². The molecule has 0 radical (unpaired) electrons. The van der Waals surface area contributed by atoms with Crippen LogP contribution in [0.1, 0.15) is 104 Å². The Morgan fingerprint density at radius 1 is 0.640 bits per heavy atom. The van der Waals surface area contributed by atoms with Gasteiger partial charge in [0.2, 0.25) is 0 Å². The maximum Gasteiger partial charge on any atom is -0.0352 e. The van der Waals surface area contributed by atoms with E-state index in [-0.39, 0.29) is 0 Å². The Labute approximate surface area is 157 Å². The summed E-state index contributed by atoms with van der Waals surface area (Å²) in [5.41, 5.74) is 0. The largest absolute Gasteiger partial charge is 0.0625 e. The molecule has 8 atom stereocenters. The summed E-state index contributed by atoms with van der Waals surface area (Å²) in [4.78, 5) is 0. The number of rotatable bonds is 5. The molecule has 0 saturated heterocycles. The van der Waals surface area contributed by atoms with Crippen molar-refractivity contribution in [3.63, 3.8) is 0 Å². The highest BCUT2D eigenvalue weighted by molar-refractivity contribution is 5.00. The predicted octanol–water partition coefficient (Wildman–Crippen LogP) is 7.72. The van der Waals surface area contributed by atoms with E-state index < -0.39 is 0 Å². The quantitative estimate of drug-likeness (QED) is 0.479. The molecule has 4 saturated carbocycles. The van der Waals surface area contributed by atoms with Crippen LogP contribution in [0.25, 0.3) is 0 Å². The minimum absolute atomic E-state index is 0.873. The molecule has 4 aliphatic carbocycles. The minimum atomic E-state index is 0.873. The molecule has 8 unspecified atom stereocenters. The van der Waals surface area contributed by atoms with Gasteiger partial charge in [-0.05, 0) is 98.2 Å². The van der Waals surface area contributed by atoms with Crippen LogP contribution >= 0.6 is 0 Å². The number of fused-ring (bicyclic) bond motifs is 5. The van der Waals surface area contributed by atoms with Crippen LogP contribution in [-0.4, -0.2) is 0 Å². The number of hydrogen-bond donors (Lipinski definition) is 0. The molecule has 0 heteroatoms. The molecular formula is C25H44. The maximum atomic E-state index is 2.47. The highest BCUT2D eigenvalue weighted by Gasteiger charge is 2.50. The third kappa shape index (κ3) is 3.70. The average molecular weight is 345 g/mol. The smallest absolute Gasteiger partial charge is 0.0352 e. The van der Waals surface area contributed by atoms with E-state index in [1.54, 1.807) is 70.6 Å². The van der Waals surface area contributed by atoms with Gasteiger partial charge in [-0.1, -0.05) is 59.3 Å². The van der Waals surface area contributed by atoms with Gasteiger partial charge in [0.25, 0.3) is 0 Å². The molecule has 144 valence electrons. The maximum absolute atomic E-state index is 2.47. The second-order valence-corrected chi connectivity index (χ2v) is 11.0. The molecule has 0 aromatic carbocycles. The van der Waals surface area contributed by atoms with Crippen molar-refractivity contribution in [2.75, 3.05) is 0 Å². The molecule has 0 N–H and O–H groups in total. The monoisotopic (exact) mass is 344 g/mol. The summed E-state index contributed by atoms with van der Waals surface area (Å²) >= 11 is 0. The van der Waals surface area contributed by atoms with Crippen LogP contribution in [0, 0.1) is 53.3 Å². The highest BCUT2D eigenvalue weighted by atomic mass is 14.6. The third-order valence-electron chi connectivity index (χ3n) is 9.72. The zero-order valence-electron chi connectivity index (χ0n) is 17.4. The standard InChI is InChI=1S/C25H44/c1-17(2)18(3)7-6-9-20-11-13-23-22(20)15-16-24-21-10-5-4-8-19(21)12-14-25(23)24/h17-25H,4-16H2,1-3H3. The van der Waals surface area contributed by atoms with Gasteiger partial charge in [-0.3, -0.25) is 0 Å². The van der Waals surface area contributed by atoms with Crippen molar-refractivity contribution in [3.8, 4) is 0 Å². The molecule has 0 aromatic rings. The Kier molecular flexibility index (Phi) is 5.83. The molecule has 0 heterocycles. The van der Waals surface area contributed by atoms with Crippen molar-refractivity contribution in [2.45, 2.75) is 104 Å². The minimum Gasteiger partial charge on any atom is -0.0625 e. The second kappa shape index (κ2) is 7.93. The Morgan fingerprint density at radius 3 is 2.12 bits per heavy atom. The number of hydrogen-bond acceptors (Lipinski definition) is 0. The van der Waals surface area contributed by atoms with Crippen molar-refractivity contribution in [3.05, 3.63) is 0 Å². The molecular weight excluding hydrogens is 300 g/mol. The summed E-state index contributed by atoms with van der Waals surface area (Å²) in [6, 6.07) is 0. The van der Waals surface area contributed by atoms with Crippen LogP contribution in [0.3, 0.4) is 0 Å². The molecule has 0 bridgehead atoms. The van der Waals surface area contributed by atoms with Crippen molar-refractivity contribution in [1.29, 1.82) is 0 Å². The van der Waals surface area contributed by atoms with Gasteiger partial charge in [-0.25, -0.2) is 0 Å². The molecule has 0 nitrogen and oxygen atoms in total. The first-order valence-electron chi connectivity index (χ1n) is 12.1. The lowest BCUT2D eigenvalue weighted by molar-refractivity contribution is -0.0251. The normalized spacial score (nSPS) is 44.9. The Morgan fingerprint density at radius 2 is 1.28 bits per heavy atom. The van der Waals surface area contributed by atoms with E-state index in [1.807, 2.05) is 0 Å². The molecule has 4 fully saturated rings. The van der Waals surface area contributed by atoms with Crippen molar-refractivity contribution in [2.24, 2.45) is 53.3 Å². The summed E-state index contributed by atoms with van der Waals surface area (Å²) in [6.45, 7) is 7.27. The fourth-order valence-electron chi connectivity index (χ4n) is 8.00. The summed E-state index contributed by atoms with van der Waals surface area (Å²) in [5.74, 6) is 9.78. The SMILES string of the molecule is CC(C)C(C)CCCC1CCC2C1CCC1C3CCCCC3CCC21. The lowest BCUT2D eigenvalue weighted by Crippen LogP contribution is -2.44. The molecule has 0 aromatic heterocycles. The summed E-state index contributed by atoms with van der Waals surface area (Å²) in [7, 11) is 0. The van der Waals surface area contributed by atoms with Gasteiger partial charge in [0, 0.05) is 0 Å². The van der Waals surface area contributed by atoms with Gasteiger partial charge in [0.1, 0.15) is 0 Å². The van der Waals surface area contributed by atoms with Crippen molar-refractivity contribution in [1.82, 2.24) is 0 Å². The summed E-state index contributed by atoms with van der Waals surface area (Å²) in [6.07, 6.45) is 20.4. The average Bonchev–Trinajstić information content (AvgIpc) is 3.04. The van der Waals surface area contributed by atoms with E-state index in [1.165, 1.54) is 12.8 Å². The van der Waals surface area contributed by atoms with Gasteiger partial charge in [0.05, 0.1) is 0 Å². The predicted molar refractivity (Wildman–Crippen MR) is 108 cm³/mol. The Bertz CT molecular complexity index is 424. The first kappa shape index (κ1) is 18.4. The van der Waals surface area contributed by atoms with Crippen LogP contribution in [0.2, 0.25) is 0 Å². The molecule has 4 aliphatic rings. The zero-order valence-corrected chi connectivity index (χ0v) is 17.4. The Balaban J connectivity index is 1.32. The third-order valence-corrected chi connectivity index (χ3v) is 9.72. The molecule has 25 heavy (non-hydrogen) atoms. The van der Waals surface area contributed by atoms with E-state index in [0.29, 0.717) is 0 Å². The molecule has 0 spiro atoms. The van der Waals surface area contributed by atoms with Crippen LogP contribution in [0.15, 0.2) is 0 Å². The van der Waals surface area contributed by atoms with Crippen molar-refractivity contribution < 1.29 is 0 Å². The van der Waals surface area contributed by atoms with E-state index in [0.717, 1.165) is 53.3 Å². The molecule has 0 amide bonds. The Hall–Kier alpha value is 0. The lowest BCUT2D eigenvalue weighted by atomic mass is 9.53. The van der Waals surface area contributed by atoms with E-state index in [9.17, 15) is 0 Å². The van der Waals surface area contributed by atoms with E-state index in [4.69, 9.17) is 0 Å². The first-order valence-corrected chi connectivity index (χ1v) is 12.1. The van der Waals surface area contributed by atoms with Crippen molar-refractivity contribution >= 4 is 0 Å². The second-order valence-electron chi connectivity index (χ2n) is 11.0. The fraction of sp³-hybridized carbons (Fsp3) is 1.00. The van der Waals surface area contributed by atoms with Crippen LogP contribution in [-0.2, 0) is 0 Å². The van der Waals surface area contributed by atoms with Gasteiger partial charge < -0.3 is 0 Å².